The number of carbonyl (C=O) groups is 1. The molecule has 2 N–H and O–H groups in total. The Morgan fingerprint density at radius 1 is 1.36 bits per heavy atom. The molecule has 116 valence electrons. The summed E-state index contributed by atoms with van der Waals surface area (Å²) in [5, 5.41) is 9.24. The van der Waals surface area contributed by atoms with Crippen molar-refractivity contribution in [2.45, 2.75) is 13.3 Å². The summed E-state index contributed by atoms with van der Waals surface area (Å²) in [7, 11) is 0. The van der Waals surface area contributed by atoms with Gasteiger partial charge in [0.2, 0.25) is 0 Å². The smallest absolute Gasteiger partial charge is 0.271 e. The first-order chi connectivity index (χ1) is 10.6. The fraction of sp³-hybridized carbons (Fsp3) is 0.267. The van der Waals surface area contributed by atoms with Crippen LogP contribution in [0.5, 0.6) is 5.75 Å². The minimum absolute atomic E-state index is 0.163. The molecular formula is C15H16ClN3O3. The van der Waals surface area contributed by atoms with Crippen molar-refractivity contribution < 1.29 is 9.53 Å². The second kappa shape index (κ2) is 7.61. The van der Waals surface area contributed by atoms with E-state index in [0.717, 1.165) is 11.3 Å². The number of aromatic nitrogens is 2. The number of aromatic amines is 1. The van der Waals surface area contributed by atoms with Gasteiger partial charge in [0.1, 0.15) is 11.4 Å². The number of ether oxygens (including phenoxy) is 1. The first-order valence-electron chi connectivity index (χ1n) is 6.85. The maximum atomic E-state index is 11.9. The second-order valence-electron chi connectivity index (χ2n) is 4.50. The Balaban J connectivity index is 1.96. The molecule has 2 aromatic rings. The van der Waals surface area contributed by atoms with Crippen molar-refractivity contribution in [1.82, 2.24) is 15.5 Å². The number of hydrogen-bond acceptors (Lipinski definition) is 4. The summed E-state index contributed by atoms with van der Waals surface area (Å²) in [4.78, 5) is 22.8. The zero-order chi connectivity index (χ0) is 15.9. The highest BCUT2D eigenvalue weighted by Crippen LogP contribution is 2.23. The van der Waals surface area contributed by atoms with Crippen LogP contribution in [0.3, 0.4) is 0 Å². The monoisotopic (exact) mass is 321 g/mol. The third-order valence-corrected chi connectivity index (χ3v) is 3.15. The molecule has 6 nitrogen and oxygen atoms in total. The van der Waals surface area contributed by atoms with Gasteiger partial charge < -0.3 is 10.1 Å². The van der Waals surface area contributed by atoms with E-state index >= 15 is 0 Å². The van der Waals surface area contributed by atoms with Crippen LogP contribution < -0.4 is 15.6 Å². The van der Waals surface area contributed by atoms with Gasteiger partial charge in [-0.05, 0) is 43.2 Å². The Labute approximate surface area is 132 Å². The van der Waals surface area contributed by atoms with E-state index in [1.54, 1.807) is 6.07 Å². The molecule has 1 amide bonds. The molecule has 0 fully saturated rings. The fourth-order valence-electron chi connectivity index (χ4n) is 1.91. The van der Waals surface area contributed by atoms with Crippen LogP contribution in [-0.4, -0.2) is 29.3 Å². The molecule has 22 heavy (non-hydrogen) atoms. The van der Waals surface area contributed by atoms with Crippen LogP contribution in [0.1, 0.15) is 23.0 Å². The second-order valence-corrected chi connectivity index (χ2v) is 4.93. The van der Waals surface area contributed by atoms with E-state index in [0.29, 0.717) is 24.6 Å². The molecular weight excluding hydrogens is 306 g/mol. The number of nitrogens with zero attached hydrogens (tertiary/aromatic N) is 1. The molecule has 0 atom stereocenters. The van der Waals surface area contributed by atoms with E-state index in [-0.39, 0.29) is 17.2 Å². The number of rotatable bonds is 6. The lowest BCUT2D eigenvalue weighted by atomic mass is 10.1. The minimum atomic E-state index is -0.351. The molecule has 0 saturated carbocycles. The third kappa shape index (κ3) is 4.33. The summed E-state index contributed by atoms with van der Waals surface area (Å²) in [6.07, 6.45) is 0.574. The summed E-state index contributed by atoms with van der Waals surface area (Å²) in [6, 6.07) is 8.02. The Morgan fingerprint density at radius 2 is 2.18 bits per heavy atom. The van der Waals surface area contributed by atoms with Gasteiger partial charge in [-0.3, -0.25) is 9.59 Å². The number of halogens is 1. The van der Waals surface area contributed by atoms with E-state index in [1.165, 1.54) is 12.1 Å². The van der Waals surface area contributed by atoms with Gasteiger partial charge in [0.15, 0.2) is 0 Å². The van der Waals surface area contributed by atoms with Crippen molar-refractivity contribution in [3.05, 3.63) is 57.0 Å². The van der Waals surface area contributed by atoms with Gasteiger partial charge in [-0.25, -0.2) is 5.10 Å². The molecule has 0 unspecified atom stereocenters. The van der Waals surface area contributed by atoms with Crippen molar-refractivity contribution in [1.29, 1.82) is 0 Å². The molecule has 0 aliphatic carbocycles. The number of nitrogens with one attached hydrogen (secondary N) is 2. The molecule has 2 rings (SSSR count). The summed E-state index contributed by atoms with van der Waals surface area (Å²) >= 11 is 5.98. The highest BCUT2D eigenvalue weighted by Gasteiger charge is 2.08. The van der Waals surface area contributed by atoms with Gasteiger partial charge in [-0.2, -0.15) is 5.10 Å². The van der Waals surface area contributed by atoms with E-state index in [4.69, 9.17) is 16.3 Å². The lowest BCUT2D eigenvalue weighted by Crippen LogP contribution is -2.27. The van der Waals surface area contributed by atoms with Gasteiger partial charge >= 0.3 is 0 Å². The lowest BCUT2D eigenvalue weighted by molar-refractivity contribution is 0.0948. The Morgan fingerprint density at radius 3 is 2.86 bits per heavy atom. The number of hydrogen-bond donors (Lipinski definition) is 2. The number of carbonyl (C=O) groups excluding carboxylic acids is 1. The van der Waals surface area contributed by atoms with Crippen molar-refractivity contribution in [2.75, 3.05) is 13.2 Å². The zero-order valence-electron chi connectivity index (χ0n) is 12.1. The average Bonchev–Trinajstić information content (AvgIpc) is 2.50. The summed E-state index contributed by atoms with van der Waals surface area (Å²) in [5.41, 5.74) is 0.733. The molecule has 1 aromatic carbocycles. The van der Waals surface area contributed by atoms with Crippen LogP contribution in [0.15, 0.2) is 35.1 Å². The molecule has 0 aliphatic rings. The number of amides is 1. The first kappa shape index (κ1) is 16.0. The first-order valence-corrected chi connectivity index (χ1v) is 7.23. The van der Waals surface area contributed by atoms with Gasteiger partial charge in [-0.1, -0.05) is 11.6 Å². The van der Waals surface area contributed by atoms with Gasteiger partial charge in [0, 0.05) is 17.6 Å². The van der Waals surface area contributed by atoms with E-state index in [9.17, 15) is 9.59 Å². The van der Waals surface area contributed by atoms with Crippen molar-refractivity contribution in [3.63, 3.8) is 0 Å². The lowest BCUT2D eigenvalue weighted by Gasteiger charge is -2.11. The topological polar surface area (TPSA) is 84.1 Å². The highest BCUT2D eigenvalue weighted by molar-refractivity contribution is 6.30. The Hall–Kier alpha value is -2.34. The average molecular weight is 322 g/mol. The standard InChI is InChI=1S/C15H16ClN3O3/c1-2-22-13-5-3-11(16)9-10(13)7-8-17-15(21)12-4-6-14(20)19-18-12/h3-6,9H,2,7-8H2,1H3,(H,17,21)(H,19,20). The summed E-state index contributed by atoms with van der Waals surface area (Å²) < 4.78 is 5.52. The molecule has 0 aliphatic heterocycles. The molecule has 1 aromatic heterocycles. The normalized spacial score (nSPS) is 10.3. The fourth-order valence-corrected chi connectivity index (χ4v) is 2.11. The molecule has 0 spiro atoms. The summed E-state index contributed by atoms with van der Waals surface area (Å²) in [5.74, 6) is 0.402. The van der Waals surface area contributed by atoms with Crippen molar-refractivity contribution >= 4 is 17.5 Å². The van der Waals surface area contributed by atoms with Crippen molar-refractivity contribution in [3.8, 4) is 5.75 Å². The Kier molecular flexibility index (Phi) is 5.55. The van der Waals surface area contributed by atoms with Gasteiger partial charge in [0.05, 0.1) is 6.61 Å². The Bertz CT molecular complexity index is 695. The van der Waals surface area contributed by atoms with E-state index < -0.39 is 0 Å². The maximum absolute atomic E-state index is 11.9. The number of benzene rings is 1. The predicted octanol–water partition coefficient (Wildman–Crippen LogP) is 1.79. The third-order valence-electron chi connectivity index (χ3n) is 2.91. The highest BCUT2D eigenvalue weighted by atomic mass is 35.5. The van der Waals surface area contributed by atoms with Crippen LogP contribution >= 0.6 is 11.6 Å². The van der Waals surface area contributed by atoms with Crippen molar-refractivity contribution in [2.24, 2.45) is 0 Å². The van der Waals surface area contributed by atoms with Gasteiger partial charge in [0.25, 0.3) is 11.5 Å². The van der Waals surface area contributed by atoms with Gasteiger partial charge in [-0.15, -0.1) is 0 Å². The van der Waals surface area contributed by atoms with Crippen LogP contribution in [0.25, 0.3) is 0 Å². The van der Waals surface area contributed by atoms with Crippen LogP contribution in [-0.2, 0) is 6.42 Å². The van der Waals surface area contributed by atoms with E-state index in [1.807, 2.05) is 19.1 Å². The molecule has 7 heteroatoms. The minimum Gasteiger partial charge on any atom is -0.494 e. The maximum Gasteiger partial charge on any atom is 0.271 e. The largest absolute Gasteiger partial charge is 0.494 e. The molecule has 1 heterocycles. The SMILES string of the molecule is CCOc1ccc(Cl)cc1CCNC(=O)c1ccc(=O)[nH]n1. The molecule has 0 bridgehead atoms. The zero-order valence-corrected chi connectivity index (χ0v) is 12.8. The quantitative estimate of drug-likeness (QED) is 0.849. The van der Waals surface area contributed by atoms with E-state index in [2.05, 4.69) is 15.5 Å². The predicted molar refractivity (Wildman–Crippen MR) is 83.5 cm³/mol. The molecule has 0 saturated heterocycles. The summed E-state index contributed by atoms with van der Waals surface area (Å²) in [6.45, 7) is 2.87. The van der Waals surface area contributed by atoms with Crippen LogP contribution in [0.2, 0.25) is 5.02 Å². The molecule has 0 radical (unpaired) electrons. The van der Waals surface area contributed by atoms with Crippen LogP contribution in [0.4, 0.5) is 0 Å². The number of H-pyrrole nitrogens is 1. The van der Waals surface area contributed by atoms with Crippen LogP contribution in [0, 0.1) is 0 Å².